The fourth-order valence-electron chi connectivity index (χ4n) is 3.60. The molecule has 0 spiro atoms. The van der Waals surface area contributed by atoms with E-state index in [0.717, 1.165) is 49.4 Å². The van der Waals surface area contributed by atoms with Crippen LogP contribution in [0, 0.1) is 0 Å². The fourth-order valence-corrected chi connectivity index (χ4v) is 3.60. The molecule has 0 aromatic heterocycles. The molecule has 3 rings (SSSR count). The number of fused-ring (bicyclic) bond motifs is 1. The maximum absolute atomic E-state index is 12.7. The van der Waals surface area contributed by atoms with E-state index in [2.05, 4.69) is 37.2 Å². The van der Waals surface area contributed by atoms with Gasteiger partial charge in [-0.15, -0.1) is 0 Å². The Bertz CT molecular complexity index is 622. The summed E-state index contributed by atoms with van der Waals surface area (Å²) in [6.07, 6.45) is 3.13. The number of rotatable bonds is 6. The molecular weight excluding hydrogens is 330 g/mol. The number of ether oxygens (including phenoxy) is 2. The average molecular weight is 361 g/mol. The fraction of sp³-hybridized carbons (Fsp3) is 0.650. The lowest BCUT2D eigenvalue weighted by Gasteiger charge is -2.28. The van der Waals surface area contributed by atoms with Crippen LogP contribution in [0.4, 0.5) is 4.79 Å². The number of hydrogen-bond donors (Lipinski definition) is 1. The number of amides is 2. The van der Waals surface area contributed by atoms with Crippen molar-refractivity contribution < 1.29 is 14.3 Å². The second kappa shape index (κ2) is 8.62. The van der Waals surface area contributed by atoms with Gasteiger partial charge >= 0.3 is 6.03 Å². The van der Waals surface area contributed by atoms with Crippen LogP contribution in [0.1, 0.15) is 44.7 Å². The van der Waals surface area contributed by atoms with Crippen LogP contribution < -0.4 is 14.8 Å². The average Bonchev–Trinajstić information content (AvgIpc) is 3.16. The van der Waals surface area contributed by atoms with Crippen LogP contribution in [-0.2, 0) is 0 Å². The molecule has 1 saturated heterocycles. The summed E-state index contributed by atoms with van der Waals surface area (Å²) in [5.41, 5.74) is 1.12. The zero-order valence-electron chi connectivity index (χ0n) is 16.2. The van der Waals surface area contributed by atoms with Gasteiger partial charge in [0.15, 0.2) is 11.5 Å². The molecule has 1 fully saturated rings. The molecule has 2 amide bonds. The topological polar surface area (TPSA) is 54.0 Å². The van der Waals surface area contributed by atoms with E-state index >= 15 is 0 Å². The maximum Gasteiger partial charge on any atom is 0.317 e. The first-order valence-corrected chi connectivity index (χ1v) is 9.74. The summed E-state index contributed by atoms with van der Waals surface area (Å²) in [6.45, 7) is 7.89. The second-order valence-electron chi connectivity index (χ2n) is 7.22. The monoisotopic (exact) mass is 361 g/mol. The number of hydrogen-bond acceptors (Lipinski definition) is 4. The molecule has 144 valence electrons. The van der Waals surface area contributed by atoms with Crippen LogP contribution in [0.5, 0.6) is 11.5 Å². The Morgan fingerprint density at radius 3 is 2.88 bits per heavy atom. The number of nitrogens with zero attached hydrogens (tertiary/aromatic N) is 2. The number of nitrogens with one attached hydrogen (secondary N) is 1. The first-order valence-electron chi connectivity index (χ1n) is 9.74. The first kappa shape index (κ1) is 18.8. The Morgan fingerprint density at radius 1 is 1.35 bits per heavy atom. The van der Waals surface area contributed by atoms with Crippen LogP contribution >= 0.6 is 0 Å². The summed E-state index contributed by atoms with van der Waals surface area (Å²) in [5, 5.41) is 3.09. The van der Waals surface area contributed by atoms with E-state index in [-0.39, 0.29) is 12.1 Å². The van der Waals surface area contributed by atoms with Gasteiger partial charge in [-0.2, -0.15) is 0 Å². The number of carbonyl (C=O) groups excluding carboxylic acids is 1. The van der Waals surface area contributed by atoms with Gasteiger partial charge in [0.05, 0.1) is 6.04 Å². The molecule has 26 heavy (non-hydrogen) atoms. The third-order valence-electron chi connectivity index (χ3n) is 5.55. The molecule has 2 unspecified atom stereocenters. The summed E-state index contributed by atoms with van der Waals surface area (Å²) >= 11 is 0. The predicted molar refractivity (Wildman–Crippen MR) is 102 cm³/mol. The van der Waals surface area contributed by atoms with Gasteiger partial charge in [-0.05, 0) is 50.9 Å². The molecule has 2 aliphatic rings. The standard InChI is InChI=1S/C20H31N3O3/c1-4-15(2)22(3)11-9-21-20(24)23-10-5-6-17(23)16-7-8-18-19(14-16)26-13-12-25-18/h7-8,14-15,17H,4-6,9-13H2,1-3H3,(H,21,24). The SMILES string of the molecule is CCC(C)N(C)CCNC(=O)N1CCCC1c1ccc2c(c1)OCCO2. The van der Waals surface area contributed by atoms with Crippen LogP contribution in [-0.4, -0.2) is 61.8 Å². The Morgan fingerprint density at radius 2 is 2.12 bits per heavy atom. The van der Waals surface area contributed by atoms with Crippen LogP contribution in [0.3, 0.4) is 0 Å². The molecule has 0 aliphatic carbocycles. The predicted octanol–water partition coefficient (Wildman–Crippen LogP) is 3.03. The van der Waals surface area contributed by atoms with Crippen molar-refractivity contribution in [2.45, 2.75) is 45.2 Å². The third-order valence-corrected chi connectivity index (χ3v) is 5.55. The summed E-state index contributed by atoms with van der Waals surface area (Å²) in [5.74, 6) is 1.58. The molecule has 2 heterocycles. The van der Waals surface area contributed by atoms with Gasteiger partial charge in [0, 0.05) is 25.7 Å². The van der Waals surface area contributed by atoms with Crippen LogP contribution in [0.25, 0.3) is 0 Å². The minimum Gasteiger partial charge on any atom is -0.486 e. The molecule has 6 nitrogen and oxygen atoms in total. The van der Waals surface area contributed by atoms with Crippen molar-refractivity contribution in [1.29, 1.82) is 0 Å². The second-order valence-corrected chi connectivity index (χ2v) is 7.22. The Kier molecular flexibility index (Phi) is 6.25. The summed E-state index contributed by atoms with van der Waals surface area (Å²) in [6, 6.07) is 6.71. The molecule has 1 aromatic rings. The highest BCUT2D eigenvalue weighted by molar-refractivity contribution is 5.75. The zero-order chi connectivity index (χ0) is 18.5. The number of likely N-dealkylation sites (tertiary alicyclic amines) is 1. The van der Waals surface area contributed by atoms with E-state index in [4.69, 9.17) is 9.47 Å². The number of carbonyl (C=O) groups is 1. The molecule has 0 saturated carbocycles. The Labute approximate surface area is 156 Å². The lowest BCUT2D eigenvalue weighted by molar-refractivity contribution is 0.170. The van der Waals surface area contributed by atoms with Gasteiger partial charge in [0.2, 0.25) is 0 Å². The minimum atomic E-state index is 0.0277. The van der Waals surface area contributed by atoms with Crippen molar-refractivity contribution in [2.75, 3.05) is 39.9 Å². The molecule has 2 atom stereocenters. The Hall–Kier alpha value is -1.95. The van der Waals surface area contributed by atoms with E-state index in [0.29, 0.717) is 25.8 Å². The lowest BCUT2D eigenvalue weighted by atomic mass is 10.0. The van der Waals surface area contributed by atoms with Gasteiger partial charge in [-0.3, -0.25) is 0 Å². The Balaban J connectivity index is 1.58. The van der Waals surface area contributed by atoms with E-state index in [1.807, 2.05) is 17.0 Å². The normalized spacial score (nSPS) is 20.3. The van der Waals surface area contributed by atoms with Gasteiger partial charge in [-0.25, -0.2) is 4.79 Å². The highest BCUT2D eigenvalue weighted by Crippen LogP contribution is 2.37. The molecule has 0 bridgehead atoms. The third kappa shape index (κ3) is 4.23. The van der Waals surface area contributed by atoms with Crippen molar-refractivity contribution in [1.82, 2.24) is 15.1 Å². The maximum atomic E-state index is 12.7. The summed E-state index contributed by atoms with van der Waals surface area (Å²) < 4.78 is 11.3. The van der Waals surface area contributed by atoms with Gasteiger partial charge in [0.25, 0.3) is 0 Å². The summed E-state index contributed by atoms with van der Waals surface area (Å²) in [7, 11) is 2.11. The van der Waals surface area contributed by atoms with Crippen LogP contribution in [0.15, 0.2) is 18.2 Å². The van der Waals surface area contributed by atoms with Gasteiger partial charge in [0.1, 0.15) is 13.2 Å². The number of urea groups is 1. The number of likely N-dealkylation sites (N-methyl/N-ethyl adjacent to an activating group) is 1. The molecule has 1 aromatic carbocycles. The van der Waals surface area contributed by atoms with Crippen LogP contribution in [0.2, 0.25) is 0 Å². The minimum absolute atomic E-state index is 0.0277. The van der Waals surface area contributed by atoms with E-state index < -0.39 is 0 Å². The van der Waals surface area contributed by atoms with Crippen molar-refractivity contribution in [3.05, 3.63) is 23.8 Å². The largest absolute Gasteiger partial charge is 0.486 e. The molecule has 2 aliphatic heterocycles. The zero-order valence-corrected chi connectivity index (χ0v) is 16.2. The van der Waals surface area contributed by atoms with Crippen molar-refractivity contribution in [3.8, 4) is 11.5 Å². The molecule has 0 radical (unpaired) electrons. The molecular formula is C20H31N3O3. The smallest absolute Gasteiger partial charge is 0.317 e. The van der Waals surface area contributed by atoms with E-state index in [1.54, 1.807) is 0 Å². The van der Waals surface area contributed by atoms with Crippen molar-refractivity contribution >= 4 is 6.03 Å². The lowest BCUT2D eigenvalue weighted by Crippen LogP contribution is -2.43. The number of benzene rings is 1. The van der Waals surface area contributed by atoms with Gasteiger partial charge in [-0.1, -0.05) is 13.0 Å². The summed E-state index contributed by atoms with van der Waals surface area (Å²) in [4.78, 5) is 16.9. The van der Waals surface area contributed by atoms with Crippen molar-refractivity contribution in [2.24, 2.45) is 0 Å². The van der Waals surface area contributed by atoms with E-state index in [9.17, 15) is 4.79 Å². The molecule has 6 heteroatoms. The highest BCUT2D eigenvalue weighted by Gasteiger charge is 2.30. The van der Waals surface area contributed by atoms with Crippen molar-refractivity contribution in [3.63, 3.8) is 0 Å². The quantitative estimate of drug-likeness (QED) is 0.846. The first-order chi connectivity index (χ1) is 12.6. The molecule has 1 N–H and O–H groups in total. The van der Waals surface area contributed by atoms with E-state index in [1.165, 1.54) is 0 Å². The van der Waals surface area contributed by atoms with Gasteiger partial charge < -0.3 is 24.6 Å². The highest BCUT2D eigenvalue weighted by atomic mass is 16.6.